The topological polar surface area (TPSA) is 30.7 Å². The van der Waals surface area contributed by atoms with Gasteiger partial charge in [0.1, 0.15) is 11.6 Å². The minimum atomic E-state index is 0.788. The summed E-state index contributed by atoms with van der Waals surface area (Å²) in [5.74, 6) is 1.68. The molecule has 3 nitrogen and oxygen atoms in total. The smallest absolute Gasteiger partial charge is 0.148 e. The number of nitrogens with zero attached hydrogens (tertiary/aromatic N) is 3. The molecule has 1 heterocycles. The lowest BCUT2D eigenvalue weighted by molar-refractivity contribution is 0.879. The van der Waals surface area contributed by atoms with E-state index in [1.54, 1.807) is 10.8 Å². The lowest BCUT2D eigenvalue weighted by Gasteiger charge is -1.89. The summed E-state index contributed by atoms with van der Waals surface area (Å²) in [4.78, 5) is 4.13. The van der Waals surface area contributed by atoms with Crippen molar-refractivity contribution in [3.05, 3.63) is 30.4 Å². The van der Waals surface area contributed by atoms with Crippen molar-refractivity contribution in [1.82, 2.24) is 14.8 Å². The van der Waals surface area contributed by atoms with E-state index in [-0.39, 0.29) is 0 Å². The predicted octanol–water partition coefficient (Wildman–Crippen LogP) is 1.55. The van der Waals surface area contributed by atoms with Gasteiger partial charge in [0.05, 0.1) is 0 Å². The fourth-order valence-electron chi connectivity index (χ4n) is 0.820. The van der Waals surface area contributed by atoms with Crippen molar-refractivity contribution in [2.75, 3.05) is 0 Å². The van der Waals surface area contributed by atoms with E-state index < -0.39 is 0 Å². The van der Waals surface area contributed by atoms with Crippen LogP contribution in [0.15, 0.2) is 18.7 Å². The molecule has 0 bridgehead atoms. The highest BCUT2D eigenvalue weighted by Gasteiger charge is 1.96. The molecule has 0 spiro atoms. The van der Waals surface area contributed by atoms with Gasteiger partial charge >= 0.3 is 0 Å². The molecule has 0 saturated carbocycles. The molecule has 0 radical (unpaired) electrons. The first-order valence-electron chi connectivity index (χ1n) is 3.43. The number of rotatable bonds is 2. The molecule has 1 rings (SSSR count). The summed E-state index contributed by atoms with van der Waals surface area (Å²) < 4.78 is 1.72. The average Bonchev–Trinajstić information content (AvgIpc) is 2.26. The third-order valence-electron chi connectivity index (χ3n) is 1.27. The average molecular weight is 149 g/mol. The van der Waals surface area contributed by atoms with Crippen molar-refractivity contribution in [2.45, 2.75) is 13.8 Å². The first-order chi connectivity index (χ1) is 5.24. The van der Waals surface area contributed by atoms with Crippen LogP contribution in [0.3, 0.4) is 0 Å². The van der Waals surface area contributed by atoms with Gasteiger partial charge < -0.3 is 0 Å². The first-order valence-corrected chi connectivity index (χ1v) is 3.43. The van der Waals surface area contributed by atoms with Crippen molar-refractivity contribution in [3.63, 3.8) is 0 Å². The molecule has 3 heteroatoms. The van der Waals surface area contributed by atoms with Gasteiger partial charge in [0.25, 0.3) is 0 Å². The maximum Gasteiger partial charge on any atom is 0.148 e. The molecule has 0 fully saturated rings. The van der Waals surface area contributed by atoms with Gasteiger partial charge in [-0.15, -0.1) is 0 Å². The zero-order valence-electron chi connectivity index (χ0n) is 6.78. The van der Waals surface area contributed by atoms with E-state index in [1.165, 1.54) is 0 Å². The molecular formula is C8H11N3. The third-order valence-corrected chi connectivity index (χ3v) is 1.27. The van der Waals surface area contributed by atoms with Crippen LogP contribution < -0.4 is 0 Å². The fourth-order valence-corrected chi connectivity index (χ4v) is 0.820. The minimum absolute atomic E-state index is 0.788. The molecule has 0 atom stereocenters. The largest absolute Gasteiger partial charge is 0.225 e. The second kappa shape index (κ2) is 3.14. The second-order valence-corrected chi connectivity index (χ2v) is 2.23. The van der Waals surface area contributed by atoms with Gasteiger partial charge in [-0.05, 0) is 19.9 Å². The number of aromatic nitrogens is 3. The Kier molecular flexibility index (Phi) is 2.21. The summed E-state index contributed by atoms with van der Waals surface area (Å²) in [7, 11) is 0. The second-order valence-electron chi connectivity index (χ2n) is 2.23. The Bertz CT molecular complexity index is 284. The van der Waals surface area contributed by atoms with E-state index in [1.807, 2.05) is 26.1 Å². The Morgan fingerprint density at radius 2 is 2.18 bits per heavy atom. The van der Waals surface area contributed by atoms with Gasteiger partial charge in [-0.2, -0.15) is 5.10 Å². The molecule has 0 N–H and O–H groups in total. The molecule has 0 saturated heterocycles. The summed E-state index contributed by atoms with van der Waals surface area (Å²) in [6.45, 7) is 7.34. The Balaban J connectivity index is 2.93. The van der Waals surface area contributed by atoms with Crippen LogP contribution in [0.5, 0.6) is 0 Å². The molecule has 0 aliphatic rings. The summed E-state index contributed by atoms with van der Waals surface area (Å²) >= 11 is 0. The molecule has 0 aliphatic heterocycles. The predicted molar refractivity (Wildman–Crippen MR) is 45.0 cm³/mol. The van der Waals surface area contributed by atoms with E-state index in [9.17, 15) is 0 Å². The minimum Gasteiger partial charge on any atom is -0.225 e. The molecule has 0 unspecified atom stereocenters. The van der Waals surface area contributed by atoms with Crippen molar-refractivity contribution in [1.29, 1.82) is 0 Å². The van der Waals surface area contributed by atoms with Crippen molar-refractivity contribution in [2.24, 2.45) is 0 Å². The van der Waals surface area contributed by atoms with Gasteiger partial charge in [-0.25, -0.2) is 9.67 Å². The molecular weight excluding hydrogens is 138 g/mol. The van der Waals surface area contributed by atoms with Crippen LogP contribution in [0.1, 0.15) is 11.6 Å². The summed E-state index contributed by atoms with van der Waals surface area (Å²) in [5, 5.41) is 4.12. The lowest BCUT2D eigenvalue weighted by Crippen LogP contribution is -1.91. The monoisotopic (exact) mass is 149 g/mol. The first kappa shape index (κ1) is 7.72. The van der Waals surface area contributed by atoms with E-state index in [0.29, 0.717) is 0 Å². The normalized spacial score (nSPS) is 10.7. The zero-order chi connectivity index (χ0) is 8.27. The Morgan fingerprint density at radius 3 is 2.64 bits per heavy atom. The molecule has 0 aromatic carbocycles. The van der Waals surface area contributed by atoms with Crippen LogP contribution in [0.25, 0.3) is 6.20 Å². The molecule has 11 heavy (non-hydrogen) atoms. The number of hydrogen-bond acceptors (Lipinski definition) is 2. The van der Waals surface area contributed by atoms with E-state index in [2.05, 4.69) is 16.7 Å². The number of hydrogen-bond donors (Lipinski definition) is 0. The van der Waals surface area contributed by atoms with Crippen LogP contribution in [-0.2, 0) is 0 Å². The van der Waals surface area contributed by atoms with Crippen LogP contribution in [0.4, 0.5) is 0 Å². The maximum absolute atomic E-state index is 4.13. The zero-order valence-corrected chi connectivity index (χ0v) is 6.78. The summed E-state index contributed by atoms with van der Waals surface area (Å²) in [5.41, 5.74) is 0. The number of allylic oxidation sites excluding steroid dienone is 2. The Labute approximate surface area is 66.1 Å². The van der Waals surface area contributed by atoms with Crippen LogP contribution in [0, 0.1) is 13.8 Å². The van der Waals surface area contributed by atoms with E-state index in [4.69, 9.17) is 0 Å². The van der Waals surface area contributed by atoms with Crippen LogP contribution in [-0.4, -0.2) is 14.8 Å². The van der Waals surface area contributed by atoms with Gasteiger partial charge in [-0.3, -0.25) is 0 Å². The van der Waals surface area contributed by atoms with Crippen LogP contribution in [0.2, 0.25) is 0 Å². The molecule has 58 valence electrons. The van der Waals surface area contributed by atoms with E-state index in [0.717, 1.165) is 11.6 Å². The van der Waals surface area contributed by atoms with Gasteiger partial charge in [-0.1, -0.05) is 12.7 Å². The summed E-state index contributed by atoms with van der Waals surface area (Å²) in [6, 6.07) is 0. The van der Waals surface area contributed by atoms with Gasteiger partial charge in [0, 0.05) is 6.20 Å². The fraction of sp³-hybridized carbons (Fsp3) is 0.250. The quantitative estimate of drug-likeness (QED) is 0.597. The lowest BCUT2D eigenvalue weighted by atomic mass is 10.6. The van der Waals surface area contributed by atoms with Crippen LogP contribution >= 0.6 is 0 Å². The summed E-state index contributed by atoms with van der Waals surface area (Å²) in [6.07, 6.45) is 5.35. The highest BCUT2D eigenvalue weighted by molar-refractivity contribution is 5.26. The standard InChI is InChI=1S/C8H11N3/c1-4-5-6-11-8(3)9-7(2)10-11/h4-6H,1H2,2-3H3/b6-5-. The van der Waals surface area contributed by atoms with Crippen molar-refractivity contribution < 1.29 is 0 Å². The Hall–Kier alpha value is -1.38. The SMILES string of the molecule is C=C/C=C\n1nc(C)nc1C. The van der Waals surface area contributed by atoms with E-state index >= 15 is 0 Å². The maximum atomic E-state index is 4.13. The molecule has 1 aromatic heterocycles. The van der Waals surface area contributed by atoms with Crippen molar-refractivity contribution >= 4 is 6.20 Å². The highest BCUT2D eigenvalue weighted by Crippen LogP contribution is 1.95. The van der Waals surface area contributed by atoms with Gasteiger partial charge in [0.15, 0.2) is 0 Å². The number of aryl methyl sites for hydroxylation is 2. The molecule has 1 aromatic rings. The Morgan fingerprint density at radius 1 is 1.45 bits per heavy atom. The highest BCUT2D eigenvalue weighted by atomic mass is 15.3. The van der Waals surface area contributed by atoms with Crippen molar-refractivity contribution in [3.8, 4) is 0 Å². The molecule has 0 aliphatic carbocycles. The van der Waals surface area contributed by atoms with Gasteiger partial charge in [0.2, 0.25) is 0 Å². The third kappa shape index (κ3) is 1.77. The molecule has 0 amide bonds.